The first kappa shape index (κ1) is 13.9. The van der Waals surface area contributed by atoms with E-state index in [9.17, 15) is 0 Å². The van der Waals surface area contributed by atoms with Crippen LogP contribution in [0.25, 0.3) is 0 Å². The summed E-state index contributed by atoms with van der Waals surface area (Å²) in [5.74, 6) is 2.97. The minimum atomic E-state index is 0.429. The van der Waals surface area contributed by atoms with E-state index in [-0.39, 0.29) is 0 Å². The molecule has 0 bridgehead atoms. The Hall–Kier alpha value is -0.0800. The van der Waals surface area contributed by atoms with Gasteiger partial charge >= 0.3 is 0 Å². The molecule has 0 aromatic rings. The average Bonchev–Trinajstić information content (AvgIpc) is 3.21. The van der Waals surface area contributed by atoms with Gasteiger partial charge < -0.3 is 10.2 Å². The number of nitrogens with one attached hydrogen (secondary N) is 1. The highest BCUT2D eigenvalue weighted by Gasteiger charge is 2.43. The molecule has 3 atom stereocenters. The van der Waals surface area contributed by atoms with Crippen LogP contribution in [0, 0.1) is 17.8 Å². The van der Waals surface area contributed by atoms with Crippen molar-refractivity contribution in [2.45, 2.75) is 64.3 Å². The number of hydrogen-bond acceptors (Lipinski definition) is 2. The van der Waals surface area contributed by atoms with E-state index >= 15 is 0 Å². The molecule has 2 aliphatic carbocycles. The maximum absolute atomic E-state index is 3.79. The first-order valence-corrected chi connectivity index (χ1v) is 8.63. The lowest BCUT2D eigenvalue weighted by atomic mass is 9.80. The SMILES string of the molecule is CC1CCCC(CCN2CCNC(C)(C3CC3)C2)C1. The van der Waals surface area contributed by atoms with Crippen LogP contribution in [0.4, 0.5) is 0 Å². The Labute approximate surface area is 119 Å². The summed E-state index contributed by atoms with van der Waals surface area (Å²) in [7, 11) is 0. The van der Waals surface area contributed by atoms with E-state index in [0.717, 1.165) is 17.8 Å². The standard InChI is InChI=1S/C17H32N2/c1-14-4-3-5-15(12-14)8-10-19-11-9-18-17(2,13-19)16-6-7-16/h14-16,18H,3-13H2,1-2H3. The van der Waals surface area contributed by atoms with Crippen molar-refractivity contribution in [3.8, 4) is 0 Å². The second-order valence-corrected chi connectivity index (χ2v) is 7.82. The summed E-state index contributed by atoms with van der Waals surface area (Å²) in [5.41, 5.74) is 0.429. The van der Waals surface area contributed by atoms with Crippen molar-refractivity contribution in [3.05, 3.63) is 0 Å². The van der Waals surface area contributed by atoms with Gasteiger partial charge in [-0.05, 0) is 56.9 Å². The molecule has 0 radical (unpaired) electrons. The average molecular weight is 264 g/mol. The predicted octanol–water partition coefficient (Wildman–Crippen LogP) is 3.28. The minimum Gasteiger partial charge on any atom is -0.309 e. The zero-order chi connectivity index (χ0) is 13.3. The molecule has 1 saturated heterocycles. The molecule has 110 valence electrons. The summed E-state index contributed by atoms with van der Waals surface area (Å²) in [6.45, 7) is 10.0. The van der Waals surface area contributed by atoms with Gasteiger partial charge in [0, 0.05) is 25.2 Å². The Kier molecular flexibility index (Phi) is 4.19. The number of rotatable bonds is 4. The van der Waals surface area contributed by atoms with Crippen molar-refractivity contribution in [1.29, 1.82) is 0 Å². The summed E-state index contributed by atoms with van der Waals surface area (Å²) in [5, 5.41) is 3.79. The van der Waals surface area contributed by atoms with Crippen LogP contribution in [0.15, 0.2) is 0 Å². The van der Waals surface area contributed by atoms with Gasteiger partial charge in [0.15, 0.2) is 0 Å². The molecule has 0 aromatic carbocycles. The fourth-order valence-electron chi connectivity index (χ4n) is 4.47. The summed E-state index contributed by atoms with van der Waals surface area (Å²) in [6, 6.07) is 0. The quantitative estimate of drug-likeness (QED) is 0.838. The molecule has 3 aliphatic rings. The Bertz CT molecular complexity index is 300. The lowest BCUT2D eigenvalue weighted by Gasteiger charge is -2.42. The van der Waals surface area contributed by atoms with Crippen molar-refractivity contribution >= 4 is 0 Å². The maximum Gasteiger partial charge on any atom is 0.0309 e. The van der Waals surface area contributed by atoms with E-state index in [0.29, 0.717) is 5.54 Å². The van der Waals surface area contributed by atoms with Gasteiger partial charge in [0.25, 0.3) is 0 Å². The third-order valence-electron chi connectivity index (χ3n) is 5.89. The molecule has 1 heterocycles. The van der Waals surface area contributed by atoms with E-state index in [1.54, 1.807) is 0 Å². The number of nitrogens with zero attached hydrogens (tertiary/aromatic N) is 1. The van der Waals surface area contributed by atoms with Gasteiger partial charge in [-0.3, -0.25) is 0 Å². The van der Waals surface area contributed by atoms with E-state index < -0.39 is 0 Å². The van der Waals surface area contributed by atoms with Crippen molar-refractivity contribution in [2.75, 3.05) is 26.2 Å². The van der Waals surface area contributed by atoms with Crippen molar-refractivity contribution in [3.63, 3.8) is 0 Å². The van der Waals surface area contributed by atoms with Crippen LogP contribution in [0.5, 0.6) is 0 Å². The van der Waals surface area contributed by atoms with Gasteiger partial charge in [0.2, 0.25) is 0 Å². The zero-order valence-corrected chi connectivity index (χ0v) is 13.0. The van der Waals surface area contributed by atoms with Crippen molar-refractivity contribution < 1.29 is 0 Å². The molecule has 2 heteroatoms. The van der Waals surface area contributed by atoms with Crippen LogP contribution in [0.2, 0.25) is 0 Å². The highest BCUT2D eigenvalue weighted by molar-refractivity contribution is 5.02. The van der Waals surface area contributed by atoms with Gasteiger partial charge in [0.1, 0.15) is 0 Å². The first-order valence-electron chi connectivity index (χ1n) is 8.63. The van der Waals surface area contributed by atoms with Crippen LogP contribution in [-0.2, 0) is 0 Å². The normalized spacial score (nSPS) is 41.4. The Morgan fingerprint density at radius 2 is 2.05 bits per heavy atom. The van der Waals surface area contributed by atoms with Gasteiger partial charge in [-0.1, -0.05) is 26.2 Å². The zero-order valence-electron chi connectivity index (χ0n) is 13.0. The van der Waals surface area contributed by atoms with Crippen LogP contribution < -0.4 is 5.32 Å². The summed E-state index contributed by atoms with van der Waals surface area (Å²) in [6.07, 6.45) is 10.3. The molecule has 3 fully saturated rings. The molecular formula is C17H32N2. The molecule has 0 spiro atoms. The molecule has 0 aromatic heterocycles. The van der Waals surface area contributed by atoms with Gasteiger partial charge in [-0.15, -0.1) is 0 Å². The second kappa shape index (κ2) is 5.73. The van der Waals surface area contributed by atoms with Gasteiger partial charge in [-0.2, -0.15) is 0 Å². The van der Waals surface area contributed by atoms with Crippen LogP contribution in [0.3, 0.4) is 0 Å². The lowest BCUT2D eigenvalue weighted by molar-refractivity contribution is 0.115. The van der Waals surface area contributed by atoms with Crippen LogP contribution >= 0.6 is 0 Å². The molecule has 3 rings (SSSR count). The summed E-state index contributed by atoms with van der Waals surface area (Å²) >= 11 is 0. The van der Waals surface area contributed by atoms with Crippen molar-refractivity contribution in [1.82, 2.24) is 10.2 Å². The Morgan fingerprint density at radius 3 is 2.79 bits per heavy atom. The molecule has 2 saturated carbocycles. The lowest BCUT2D eigenvalue weighted by Crippen LogP contribution is -2.60. The Balaban J connectivity index is 1.44. The monoisotopic (exact) mass is 264 g/mol. The van der Waals surface area contributed by atoms with Crippen molar-refractivity contribution in [2.24, 2.45) is 17.8 Å². The molecule has 19 heavy (non-hydrogen) atoms. The van der Waals surface area contributed by atoms with E-state index in [1.165, 1.54) is 71.1 Å². The maximum atomic E-state index is 3.79. The van der Waals surface area contributed by atoms with E-state index in [1.807, 2.05) is 0 Å². The summed E-state index contributed by atoms with van der Waals surface area (Å²) < 4.78 is 0. The fourth-order valence-corrected chi connectivity index (χ4v) is 4.47. The topological polar surface area (TPSA) is 15.3 Å². The number of piperazine rings is 1. The molecule has 1 aliphatic heterocycles. The molecule has 3 unspecified atom stereocenters. The van der Waals surface area contributed by atoms with E-state index in [2.05, 4.69) is 24.1 Å². The Morgan fingerprint density at radius 1 is 1.21 bits per heavy atom. The minimum absolute atomic E-state index is 0.429. The molecule has 2 nitrogen and oxygen atoms in total. The van der Waals surface area contributed by atoms with E-state index in [4.69, 9.17) is 0 Å². The number of hydrogen-bond donors (Lipinski definition) is 1. The smallest absolute Gasteiger partial charge is 0.0309 e. The van der Waals surface area contributed by atoms with Crippen LogP contribution in [-0.4, -0.2) is 36.6 Å². The summed E-state index contributed by atoms with van der Waals surface area (Å²) in [4.78, 5) is 2.74. The molecule has 0 amide bonds. The third kappa shape index (κ3) is 3.52. The fraction of sp³-hybridized carbons (Fsp3) is 1.00. The first-order chi connectivity index (χ1) is 9.16. The third-order valence-corrected chi connectivity index (χ3v) is 5.89. The highest BCUT2D eigenvalue weighted by atomic mass is 15.2. The second-order valence-electron chi connectivity index (χ2n) is 7.82. The predicted molar refractivity (Wildman–Crippen MR) is 81.3 cm³/mol. The highest BCUT2D eigenvalue weighted by Crippen LogP contribution is 2.41. The largest absolute Gasteiger partial charge is 0.309 e. The molecule has 1 N–H and O–H groups in total. The van der Waals surface area contributed by atoms with Crippen LogP contribution in [0.1, 0.15) is 58.8 Å². The van der Waals surface area contributed by atoms with Gasteiger partial charge in [-0.25, -0.2) is 0 Å². The molecular weight excluding hydrogens is 232 g/mol. The van der Waals surface area contributed by atoms with Gasteiger partial charge in [0.05, 0.1) is 0 Å².